The second-order valence-electron chi connectivity index (χ2n) is 12.5. The molecule has 1 aromatic carbocycles. The Bertz CT molecular complexity index is 981. The van der Waals surface area contributed by atoms with Gasteiger partial charge in [0.15, 0.2) is 0 Å². The zero-order valence-corrected chi connectivity index (χ0v) is 28.0. The van der Waals surface area contributed by atoms with Crippen molar-refractivity contribution in [2.75, 3.05) is 0 Å². The third-order valence-electron chi connectivity index (χ3n) is 7.87. The molecule has 0 saturated carbocycles. The van der Waals surface area contributed by atoms with Gasteiger partial charge in [-0.1, -0.05) is 72.6 Å². The van der Waals surface area contributed by atoms with Crippen LogP contribution in [0, 0.1) is 38.5 Å². The standard InChI is InChI=1S/C29H50O2.2H3O4P/c1-20(2)12-9-13-21(3)14-10-15-22(4)16-11-18-29(8)19-17-26-25(7)27(30)23(5)24(6)28(26)31-29;2*1-5(2,3)4/h20-22,30H,9-19H2,1-8H3;2*(H3,1,2,3,4)/t21-,22-,29-;;/m1../s1. The summed E-state index contributed by atoms with van der Waals surface area (Å²) >= 11 is 0. The van der Waals surface area contributed by atoms with Gasteiger partial charge in [0.25, 0.3) is 0 Å². The van der Waals surface area contributed by atoms with E-state index in [1.807, 2.05) is 13.8 Å². The number of benzene rings is 1. The number of hydrogen-bond donors (Lipinski definition) is 7. The first kappa shape index (κ1) is 40.0. The molecule has 41 heavy (non-hydrogen) atoms. The van der Waals surface area contributed by atoms with Crippen LogP contribution in [0.5, 0.6) is 11.5 Å². The second-order valence-corrected chi connectivity index (χ2v) is 14.5. The lowest BCUT2D eigenvalue weighted by Gasteiger charge is -2.38. The van der Waals surface area contributed by atoms with Crippen LogP contribution in [-0.4, -0.2) is 40.1 Å². The van der Waals surface area contributed by atoms with Crippen LogP contribution in [0.1, 0.15) is 121 Å². The van der Waals surface area contributed by atoms with Crippen LogP contribution in [0.25, 0.3) is 0 Å². The van der Waals surface area contributed by atoms with Gasteiger partial charge in [-0.3, -0.25) is 0 Å². The molecule has 0 fully saturated rings. The highest BCUT2D eigenvalue weighted by molar-refractivity contribution is 7.45. The summed E-state index contributed by atoms with van der Waals surface area (Å²) in [7, 11) is -9.28. The van der Waals surface area contributed by atoms with Gasteiger partial charge in [0.05, 0.1) is 0 Å². The van der Waals surface area contributed by atoms with Crippen LogP contribution >= 0.6 is 15.6 Å². The monoisotopic (exact) mass is 626 g/mol. The maximum Gasteiger partial charge on any atom is 0.466 e. The zero-order valence-electron chi connectivity index (χ0n) is 26.3. The van der Waals surface area contributed by atoms with E-state index >= 15 is 0 Å². The Morgan fingerprint density at radius 2 is 1.15 bits per heavy atom. The summed E-state index contributed by atoms with van der Waals surface area (Å²) in [5.41, 5.74) is 4.23. The fourth-order valence-corrected chi connectivity index (χ4v) is 5.27. The average Bonchev–Trinajstić information content (AvgIpc) is 2.79. The Morgan fingerprint density at radius 1 is 0.732 bits per heavy atom. The largest absolute Gasteiger partial charge is 0.507 e. The van der Waals surface area contributed by atoms with Gasteiger partial charge in [-0.25, -0.2) is 9.13 Å². The first-order valence-electron chi connectivity index (χ1n) is 14.6. The minimum Gasteiger partial charge on any atom is -0.507 e. The van der Waals surface area contributed by atoms with E-state index in [4.69, 9.17) is 43.2 Å². The van der Waals surface area contributed by atoms with Gasteiger partial charge in [-0.2, -0.15) is 0 Å². The minimum absolute atomic E-state index is 0.0712. The number of rotatable bonds is 12. The second kappa shape index (κ2) is 18.0. The summed E-state index contributed by atoms with van der Waals surface area (Å²) in [4.78, 5) is 43.1. The van der Waals surface area contributed by atoms with Crippen molar-refractivity contribution < 1.29 is 48.3 Å². The normalized spacial score (nSPS) is 18.3. The van der Waals surface area contributed by atoms with Gasteiger partial charge >= 0.3 is 15.6 Å². The predicted molar refractivity (Wildman–Crippen MR) is 163 cm³/mol. The van der Waals surface area contributed by atoms with Crippen molar-refractivity contribution in [2.24, 2.45) is 17.8 Å². The van der Waals surface area contributed by atoms with E-state index in [9.17, 15) is 5.11 Å². The molecule has 0 radical (unpaired) electrons. The highest BCUT2D eigenvalue weighted by Gasteiger charge is 2.34. The minimum atomic E-state index is -4.64. The van der Waals surface area contributed by atoms with Gasteiger partial charge in [-0.05, 0) is 87.8 Å². The Hall–Kier alpha value is -0.960. The molecule has 3 atom stereocenters. The van der Waals surface area contributed by atoms with E-state index in [-0.39, 0.29) is 5.60 Å². The lowest BCUT2D eigenvalue weighted by Crippen LogP contribution is -2.37. The molecule has 0 amide bonds. The molecule has 10 nitrogen and oxygen atoms in total. The van der Waals surface area contributed by atoms with Crippen LogP contribution in [-0.2, 0) is 15.6 Å². The molecule has 7 N–H and O–H groups in total. The molecule has 0 unspecified atom stereocenters. The molecule has 1 aliphatic rings. The molecule has 0 aromatic heterocycles. The summed E-state index contributed by atoms with van der Waals surface area (Å²) < 4.78 is 24.4. The molecule has 2 rings (SSSR count). The Balaban J connectivity index is 0.00000137. The molecule has 1 aromatic rings. The van der Waals surface area contributed by atoms with Crippen LogP contribution < -0.4 is 4.74 Å². The summed E-state index contributed by atoms with van der Waals surface area (Å²) in [5, 5.41) is 10.4. The van der Waals surface area contributed by atoms with Crippen LogP contribution in [0.4, 0.5) is 0 Å². The van der Waals surface area contributed by atoms with Crippen LogP contribution in [0.15, 0.2) is 0 Å². The molecular weight excluding hydrogens is 570 g/mol. The van der Waals surface area contributed by atoms with Gasteiger partial charge in [0.1, 0.15) is 17.1 Å². The molecular formula is C29H56O10P2. The average molecular weight is 627 g/mol. The quantitative estimate of drug-likeness (QED) is 0.119. The lowest BCUT2D eigenvalue weighted by atomic mass is 9.84. The predicted octanol–water partition coefficient (Wildman–Crippen LogP) is 6.98. The summed E-state index contributed by atoms with van der Waals surface area (Å²) in [6.07, 6.45) is 14.1. The molecule has 0 saturated heterocycles. The molecule has 0 spiro atoms. The van der Waals surface area contributed by atoms with Crippen molar-refractivity contribution in [2.45, 2.75) is 132 Å². The summed E-state index contributed by atoms with van der Waals surface area (Å²) in [5.74, 6) is 4.04. The zero-order chi connectivity index (χ0) is 32.2. The van der Waals surface area contributed by atoms with Gasteiger partial charge in [0.2, 0.25) is 0 Å². The van der Waals surface area contributed by atoms with E-state index in [2.05, 4.69) is 41.5 Å². The summed E-state index contributed by atoms with van der Waals surface area (Å²) in [6, 6.07) is 0. The third kappa shape index (κ3) is 19.0. The first-order valence-corrected chi connectivity index (χ1v) is 17.7. The molecule has 0 aliphatic carbocycles. The first-order chi connectivity index (χ1) is 18.5. The van der Waals surface area contributed by atoms with Crippen molar-refractivity contribution in [3.8, 4) is 11.5 Å². The number of phosphoric acid groups is 2. The van der Waals surface area contributed by atoms with E-state index in [0.29, 0.717) is 5.75 Å². The fraction of sp³-hybridized carbons (Fsp3) is 0.793. The molecule has 12 heteroatoms. The van der Waals surface area contributed by atoms with Crippen molar-refractivity contribution in [1.82, 2.24) is 0 Å². The van der Waals surface area contributed by atoms with Crippen molar-refractivity contribution >= 4 is 15.6 Å². The number of ether oxygens (including phenoxy) is 1. The molecule has 242 valence electrons. The van der Waals surface area contributed by atoms with Gasteiger partial charge in [-0.15, -0.1) is 0 Å². The van der Waals surface area contributed by atoms with Crippen molar-refractivity contribution in [1.29, 1.82) is 0 Å². The SMILES string of the molecule is Cc1c(C)c2c(c(C)c1O)CC[C@@](C)(CCC[C@H](C)CCC[C@H](C)CCCC(C)C)O2.O=P(O)(O)O.O=P(O)(O)O. The number of phenols is 1. The van der Waals surface area contributed by atoms with E-state index in [0.717, 1.165) is 59.5 Å². The molecule has 0 bridgehead atoms. The van der Waals surface area contributed by atoms with Crippen LogP contribution in [0.2, 0.25) is 0 Å². The van der Waals surface area contributed by atoms with Crippen molar-refractivity contribution in [3.05, 3.63) is 22.3 Å². The number of phenolic OH excluding ortho intramolecular Hbond substituents is 1. The maximum absolute atomic E-state index is 10.4. The highest BCUT2D eigenvalue weighted by Crippen LogP contribution is 2.44. The lowest BCUT2D eigenvalue weighted by molar-refractivity contribution is 0.0511. The maximum atomic E-state index is 10.4. The molecule has 1 aliphatic heterocycles. The van der Waals surface area contributed by atoms with Gasteiger partial charge < -0.3 is 39.2 Å². The van der Waals surface area contributed by atoms with E-state index < -0.39 is 15.6 Å². The summed E-state index contributed by atoms with van der Waals surface area (Å²) in [6.45, 7) is 17.9. The van der Waals surface area contributed by atoms with Crippen LogP contribution in [0.3, 0.4) is 0 Å². The Morgan fingerprint density at radius 3 is 1.59 bits per heavy atom. The molecule has 1 heterocycles. The third-order valence-corrected chi connectivity index (χ3v) is 7.87. The fourth-order valence-electron chi connectivity index (χ4n) is 5.27. The number of fused-ring (bicyclic) bond motifs is 1. The smallest absolute Gasteiger partial charge is 0.466 e. The van der Waals surface area contributed by atoms with E-state index in [1.54, 1.807) is 0 Å². The topological polar surface area (TPSA) is 185 Å². The van der Waals surface area contributed by atoms with Gasteiger partial charge in [0, 0.05) is 5.56 Å². The van der Waals surface area contributed by atoms with E-state index in [1.165, 1.54) is 56.9 Å². The Labute approximate surface area is 247 Å². The number of hydrogen-bond acceptors (Lipinski definition) is 4. The Kier molecular flexibility index (Phi) is 17.6. The number of aromatic hydroxyl groups is 1. The van der Waals surface area contributed by atoms with Crippen molar-refractivity contribution in [3.63, 3.8) is 0 Å². The highest BCUT2D eigenvalue weighted by atomic mass is 31.2.